The highest BCUT2D eigenvalue weighted by Gasteiger charge is 2.25. The third kappa shape index (κ3) is 11.1. The highest BCUT2D eigenvalue weighted by atomic mass is 16.6. The van der Waals surface area contributed by atoms with Crippen molar-refractivity contribution in [1.29, 1.82) is 0 Å². The van der Waals surface area contributed by atoms with Crippen LogP contribution in [0.4, 0.5) is 4.79 Å². The number of carbonyl (C=O) groups is 3. The molecule has 4 aromatic rings. The zero-order valence-corrected chi connectivity index (χ0v) is 24.0. The van der Waals surface area contributed by atoms with Gasteiger partial charge in [-0.1, -0.05) is 43.8 Å². The Morgan fingerprint density at radius 1 is 0.907 bits per heavy atom. The largest absolute Gasteiger partial charge is 0.480 e. The summed E-state index contributed by atoms with van der Waals surface area (Å²) in [4.78, 5) is 34.7. The van der Waals surface area contributed by atoms with Gasteiger partial charge >= 0.3 is 18.0 Å². The SMILES string of the molecule is C.COC(=O)[C@@H](Cc1cccc(-c2ccn[nH]2)c1)NC(=O)OC(C)(C)C.N[C@H](Cc1cccc(-c2ccn[nH]2)c1)C(=O)O. The summed E-state index contributed by atoms with van der Waals surface area (Å²) in [6, 6.07) is 17.2. The number of hydrogen-bond acceptors (Lipinski definition) is 8. The van der Waals surface area contributed by atoms with E-state index in [1.165, 1.54) is 7.11 Å². The molecule has 0 spiro atoms. The Morgan fingerprint density at radius 3 is 1.84 bits per heavy atom. The molecule has 2 heterocycles. The average Bonchev–Trinajstić information content (AvgIpc) is 3.67. The fourth-order valence-electron chi connectivity index (χ4n) is 3.93. The Labute approximate surface area is 251 Å². The lowest BCUT2D eigenvalue weighted by molar-refractivity contribution is -0.143. The van der Waals surface area contributed by atoms with E-state index >= 15 is 0 Å². The van der Waals surface area contributed by atoms with Crippen LogP contribution in [0, 0.1) is 0 Å². The second-order valence-electron chi connectivity index (χ2n) is 10.4. The fraction of sp³-hybridized carbons (Fsp3) is 0.323. The molecule has 0 aliphatic heterocycles. The van der Waals surface area contributed by atoms with Gasteiger partial charge in [0.25, 0.3) is 0 Å². The van der Waals surface area contributed by atoms with Gasteiger partial charge in [-0.2, -0.15) is 10.2 Å². The van der Waals surface area contributed by atoms with Gasteiger partial charge in [0.05, 0.1) is 18.5 Å². The number of benzene rings is 2. The smallest absolute Gasteiger partial charge is 0.408 e. The molecule has 12 nitrogen and oxygen atoms in total. The van der Waals surface area contributed by atoms with Crippen LogP contribution in [0.3, 0.4) is 0 Å². The second-order valence-corrected chi connectivity index (χ2v) is 10.4. The molecule has 0 radical (unpaired) electrons. The number of nitrogens with zero attached hydrogens (tertiary/aromatic N) is 2. The van der Waals surface area contributed by atoms with E-state index < -0.39 is 35.7 Å². The first-order valence-electron chi connectivity index (χ1n) is 13.2. The number of aromatic nitrogens is 4. The number of aromatic amines is 2. The maximum atomic E-state index is 12.0. The number of rotatable bonds is 9. The van der Waals surface area contributed by atoms with Crippen molar-refractivity contribution in [3.63, 3.8) is 0 Å². The first-order chi connectivity index (χ1) is 19.9. The lowest BCUT2D eigenvalue weighted by Gasteiger charge is -2.22. The van der Waals surface area contributed by atoms with E-state index in [4.69, 9.17) is 20.3 Å². The molecule has 2 aromatic heterocycles. The zero-order valence-electron chi connectivity index (χ0n) is 24.0. The van der Waals surface area contributed by atoms with Crippen molar-refractivity contribution in [3.05, 3.63) is 84.2 Å². The number of ether oxygens (including phenoxy) is 2. The molecule has 12 heteroatoms. The number of nitrogens with one attached hydrogen (secondary N) is 3. The van der Waals surface area contributed by atoms with Crippen LogP contribution in [-0.4, -0.2) is 68.3 Å². The molecule has 0 saturated carbocycles. The molecule has 1 amide bonds. The second kappa shape index (κ2) is 15.9. The molecule has 0 bridgehead atoms. The van der Waals surface area contributed by atoms with Crippen LogP contribution >= 0.6 is 0 Å². The molecule has 0 unspecified atom stereocenters. The van der Waals surface area contributed by atoms with Gasteiger partial charge in [-0.3, -0.25) is 15.0 Å². The molecule has 6 N–H and O–H groups in total. The number of nitrogens with two attached hydrogens (primary N) is 1. The molecule has 0 aliphatic carbocycles. The maximum absolute atomic E-state index is 12.0. The van der Waals surface area contributed by atoms with Crippen LogP contribution in [0.2, 0.25) is 0 Å². The number of hydrogen-bond donors (Lipinski definition) is 5. The van der Waals surface area contributed by atoms with E-state index in [1.807, 2.05) is 60.7 Å². The highest BCUT2D eigenvalue weighted by molar-refractivity contribution is 5.81. The minimum Gasteiger partial charge on any atom is -0.480 e. The third-order valence-corrected chi connectivity index (χ3v) is 5.87. The lowest BCUT2D eigenvalue weighted by atomic mass is 10.0. The number of carboxylic acid groups (broad SMARTS) is 1. The summed E-state index contributed by atoms with van der Waals surface area (Å²) in [5.41, 5.74) is 10.3. The Bertz CT molecular complexity index is 1450. The van der Waals surface area contributed by atoms with E-state index in [2.05, 4.69) is 25.7 Å². The van der Waals surface area contributed by atoms with Crippen LogP contribution in [0.1, 0.15) is 39.3 Å². The Hall–Kier alpha value is -4.97. The molecule has 43 heavy (non-hydrogen) atoms. The predicted molar refractivity (Wildman–Crippen MR) is 163 cm³/mol. The van der Waals surface area contributed by atoms with Crippen LogP contribution in [-0.2, 0) is 31.9 Å². The minimum atomic E-state index is -0.989. The van der Waals surface area contributed by atoms with Crippen molar-refractivity contribution in [2.24, 2.45) is 5.73 Å². The topological polar surface area (TPSA) is 185 Å². The number of carbonyl (C=O) groups excluding carboxylic acids is 2. The normalized spacial score (nSPS) is 12.0. The van der Waals surface area contributed by atoms with Crippen molar-refractivity contribution >= 4 is 18.0 Å². The number of methoxy groups -OCH3 is 1. The number of carboxylic acids is 1. The molecule has 4 rings (SSSR count). The number of alkyl carbamates (subject to hydrolysis) is 1. The van der Waals surface area contributed by atoms with Gasteiger partial charge in [0.15, 0.2) is 0 Å². The summed E-state index contributed by atoms with van der Waals surface area (Å²) in [7, 11) is 1.28. The van der Waals surface area contributed by atoms with Gasteiger partial charge in [0.2, 0.25) is 0 Å². The third-order valence-electron chi connectivity index (χ3n) is 5.87. The fourth-order valence-corrected chi connectivity index (χ4v) is 3.93. The first-order valence-corrected chi connectivity index (χ1v) is 13.2. The lowest BCUT2D eigenvalue weighted by Crippen LogP contribution is -2.45. The van der Waals surface area contributed by atoms with Gasteiger partial charge in [-0.15, -0.1) is 0 Å². The molecule has 0 aliphatic rings. The van der Waals surface area contributed by atoms with Crippen LogP contribution < -0.4 is 11.1 Å². The van der Waals surface area contributed by atoms with E-state index in [0.29, 0.717) is 6.42 Å². The molecule has 2 atom stereocenters. The first kappa shape index (κ1) is 34.2. The van der Waals surface area contributed by atoms with Crippen LogP contribution in [0.15, 0.2) is 73.1 Å². The molecule has 0 saturated heterocycles. The standard InChI is InChI=1S/C18H23N3O4.C12H13N3O2.CH4/c1-18(2,3)25-17(23)20-15(16(22)24-4)11-12-6-5-7-13(10-12)14-8-9-19-21-14;13-10(12(16)17)7-8-2-1-3-9(6-8)11-4-5-14-15-11;/h5-10,15H,11H2,1-4H3,(H,19,21)(H,20,23);1-6,10H,7,13H2,(H,14,15)(H,16,17);1H4/t15-;10-;/m11./s1. The number of amides is 1. The molecule has 0 fully saturated rings. The van der Waals surface area contributed by atoms with Crippen molar-refractivity contribution in [3.8, 4) is 22.5 Å². The quantitative estimate of drug-likeness (QED) is 0.176. The Kier molecular flexibility index (Phi) is 12.6. The van der Waals surface area contributed by atoms with E-state index in [0.717, 1.165) is 33.6 Å². The van der Waals surface area contributed by atoms with Crippen molar-refractivity contribution in [2.75, 3.05) is 7.11 Å². The van der Waals surface area contributed by atoms with Crippen molar-refractivity contribution < 1.29 is 29.0 Å². The summed E-state index contributed by atoms with van der Waals surface area (Å²) in [5, 5.41) is 24.9. The molecule has 2 aromatic carbocycles. The number of aliphatic carboxylic acids is 1. The highest BCUT2D eigenvalue weighted by Crippen LogP contribution is 2.20. The van der Waals surface area contributed by atoms with Gasteiger partial charge < -0.3 is 25.6 Å². The number of esters is 1. The summed E-state index contributed by atoms with van der Waals surface area (Å²) >= 11 is 0. The van der Waals surface area contributed by atoms with Gasteiger partial charge in [-0.25, -0.2) is 9.59 Å². The summed E-state index contributed by atoms with van der Waals surface area (Å²) in [6.45, 7) is 5.27. The monoisotopic (exact) mass is 592 g/mol. The van der Waals surface area contributed by atoms with E-state index in [1.54, 1.807) is 33.2 Å². The predicted octanol–water partition coefficient (Wildman–Crippen LogP) is 4.35. The molecular weight excluding hydrogens is 552 g/mol. The van der Waals surface area contributed by atoms with Gasteiger partial charge in [-0.05, 0) is 73.7 Å². The van der Waals surface area contributed by atoms with E-state index in [9.17, 15) is 14.4 Å². The molecule has 230 valence electrons. The summed E-state index contributed by atoms with van der Waals surface area (Å²) in [6.07, 6.45) is 3.28. The summed E-state index contributed by atoms with van der Waals surface area (Å²) in [5.74, 6) is -1.52. The van der Waals surface area contributed by atoms with Crippen LogP contribution in [0.5, 0.6) is 0 Å². The minimum absolute atomic E-state index is 0. The molecular formula is C31H40N6O6. The zero-order chi connectivity index (χ0) is 30.7. The Balaban J connectivity index is 0.000000313. The Morgan fingerprint density at radius 2 is 1.42 bits per heavy atom. The van der Waals surface area contributed by atoms with Gasteiger partial charge in [0, 0.05) is 18.8 Å². The van der Waals surface area contributed by atoms with Crippen molar-refractivity contribution in [2.45, 2.75) is 58.7 Å². The number of H-pyrrole nitrogens is 2. The average molecular weight is 593 g/mol. The van der Waals surface area contributed by atoms with Gasteiger partial charge in [0.1, 0.15) is 17.7 Å². The van der Waals surface area contributed by atoms with E-state index in [-0.39, 0.29) is 13.8 Å². The maximum Gasteiger partial charge on any atom is 0.408 e. The van der Waals surface area contributed by atoms with Crippen molar-refractivity contribution in [1.82, 2.24) is 25.7 Å². The summed E-state index contributed by atoms with van der Waals surface area (Å²) < 4.78 is 10.0. The van der Waals surface area contributed by atoms with Crippen LogP contribution in [0.25, 0.3) is 22.5 Å².